The summed E-state index contributed by atoms with van der Waals surface area (Å²) in [6.45, 7) is 3.85. The molecule has 1 aromatic rings. The van der Waals surface area contributed by atoms with Gasteiger partial charge in [0.2, 0.25) is 10.0 Å². The second-order valence-corrected chi connectivity index (χ2v) is 6.49. The van der Waals surface area contributed by atoms with Crippen LogP contribution in [0.4, 0.5) is 5.69 Å². The third-order valence-electron chi connectivity index (χ3n) is 2.23. The summed E-state index contributed by atoms with van der Waals surface area (Å²) in [5.74, 6) is 0.176. The molecule has 0 fully saturated rings. The fourth-order valence-electron chi connectivity index (χ4n) is 1.26. The number of unbranched alkanes of at least 4 members (excludes halogenated alkanes) is 1. The van der Waals surface area contributed by atoms with Crippen molar-refractivity contribution in [2.75, 3.05) is 10.5 Å². The summed E-state index contributed by atoms with van der Waals surface area (Å²) in [4.78, 5) is 0. The van der Waals surface area contributed by atoms with Crippen LogP contribution in [0.3, 0.4) is 0 Å². The van der Waals surface area contributed by atoms with E-state index in [4.69, 9.17) is 0 Å². The molecule has 5 heteroatoms. The molecule has 1 aromatic carbocycles. The highest BCUT2D eigenvalue weighted by molar-refractivity contribution is 9.10. The third kappa shape index (κ3) is 4.14. The van der Waals surface area contributed by atoms with Crippen molar-refractivity contribution >= 4 is 31.6 Å². The Bertz CT molecular complexity index is 457. The van der Waals surface area contributed by atoms with E-state index in [9.17, 15) is 8.42 Å². The summed E-state index contributed by atoms with van der Waals surface area (Å²) in [6, 6.07) is 5.54. The van der Waals surface area contributed by atoms with E-state index in [-0.39, 0.29) is 5.75 Å². The number of hydrogen-bond acceptors (Lipinski definition) is 2. The Hall–Kier alpha value is -0.550. The zero-order valence-electron chi connectivity index (χ0n) is 9.46. The molecule has 0 aliphatic heterocycles. The third-order valence-corrected chi connectivity index (χ3v) is 4.08. The van der Waals surface area contributed by atoms with Crippen LogP contribution in [0.15, 0.2) is 22.7 Å². The van der Waals surface area contributed by atoms with Gasteiger partial charge in [0.1, 0.15) is 0 Å². The molecule has 0 aliphatic carbocycles. The summed E-state index contributed by atoms with van der Waals surface area (Å²) < 4.78 is 26.9. The Labute approximate surface area is 105 Å². The molecule has 0 aromatic heterocycles. The SMILES string of the molecule is CCCCS(=O)(=O)Nc1cc(Br)ccc1C. The smallest absolute Gasteiger partial charge is 0.232 e. The van der Waals surface area contributed by atoms with Crippen LogP contribution in [0.5, 0.6) is 0 Å². The number of benzene rings is 1. The average molecular weight is 306 g/mol. The Morgan fingerprint density at radius 3 is 2.69 bits per heavy atom. The van der Waals surface area contributed by atoms with Crippen LogP contribution < -0.4 is 4.72 Å². The van der Waals surface area contributed by atoms with Gasteiger partial charge >= 0.3 is 0 Å². The summed E-state index contributed by atoms with van der Waals surface area (Å²) in [5.41, 5.74) is 1.56. The average Bonchev–Trinajstić information content (AvgIpc) is 2.20. The van der Waals surface area contributed by atoms with Crippen molar-refractivity contribution in [3.8, 4) is 0 Å². The van der Waals surface area contributed by atoms with Gasteiger partial charge in [-0.2, -0.15) is 0 Å². The largest absolute Gasteiger partial charge is 0.283 e. The molecule has 16 heavy (non-hydrogen) atoms. The maximum atomic E-state index is 11.7. The predicted molar refractivity (Wildman–Crippen MR) is 71.2 cm³/mol. The van der Waals surface area contributed by atoms with Gasteiger partial charge < -0.3 is 0 Å². The number of nitrogens with one attached hydrogen (secondary N) is 1. The van der Waals surface area contributed by atoms with Gasteiger partial charge in [0.05, 0.1) is 11.4 Å². The molecule has 0 saturated carbocycles. The van der Waals surface area contributed by atoms with E-state index in [1.54, 1.807) is 6.07 Å². The monoisotopic (exact) mass is 305 g/mol. The van der Waals surface area contributed by atoms with Crippen LogP contribution in [0.25, 0.3) is 0 Å². The van der Waals surface area contributed by atoms with E-state index in [0.717, 1.165) is 16.5 Å². The summed E-state index contributed by atoms with van der Waals surface area (Å²) in [7, 11) is -3.21. The molecule has 0 atom stereocenters. The molecular weight excluding hydrogens is 290 g/mol. The summed E-state index contributed by atoms with van der Waals surface area (Å²) in [5, 5.41) is 0. The zero-order valence-corrected chi connectivity index (χ0v) is 11.9. The van der Waals surface area contributed by atoms with Gasteiger partial charge in [-0.15, -0.1) is 0 Å². The van der Waals surface area contributed by atoms with E-state index in [1.165, 1.54) is 0 Å². The molecule has 0 bridgehead atoms. The van der Waals surface area contributed by atoms with Crippen LogP contribution >= 0.6 is 15.9 Å². The van der Waals surface area contributed by atoms with Gasteiger partial charge in [0.15, 0.2) is 0 Å². The van der Waals surface area contributed by atoms with Crippen molar-refractivity contribution in [1.29, 1.82) is 0 Å². The molecule has 0 amide bonds. The fraction of sp³-hybridized carbons (Fsp3) is 0.455. The normalized spacial score (nSPS) is 11.4. The highest BCUT2D eigenvalue weighted by Gasteiger charge is 2.11. The Morgan fingerprint density at radius 2 is 2.06 bits per heavy atom. The van der Waals surface area contributed by atoms with Crippen LogP contribution in [-0.4, -0.2) is 14.2 Å². The van der Waals surface area contributed by atoms with Gasteiger partial charge in [0.25, 0.3) is 0 Å². The van der Waals surface area contributed by atoms with Crippen molar-refractivity contribution in [1.82, 2.24) is 0 Å². The Balaban J connectivity index is 2.83. The Kier molecular flexibility index (Phi) is 4.80. The van der Waals surface area contributed by atoms with Crippen molar-refractivity contribution < 1.29 is 8.42 Å². The van der Waals surface area contributed by atoms with Gasteiger partial charge in [-0.1, -0.05) is 35.3 Å². The fourth-order valence-corrected chi connectivity index (χ4v) is 2.94. The summed E-state index contributed by atoms with van der Waals surface area (Å²) >= 11 is 3.32. The molecule has 0 aliphatic rings. The van der Waals surface area contributed by atoms with E-state index in [0.29, 0.717) is 12.1 Å². The number of anilines is 1. The van der Waals surface area contributed by atoms with E-state index >= 15 is 0 Å². The van der Waals surface area contributed by atoms with Crippen LogP contribution in [0, 0.1) is 6.92 Å². The van der Waals surface area contributed by atoms with E-state index in [2.05, 4.69) is 20.7 Å². The van der Waals surface area contributed by atoms with Crippen molar-refractivity contribution in [2.45, 2.75) is 26.7 Å². The molecule has 3 nitrogen and oxygen atoms in total. The standard InChI is InChI=1S/C11H16BrNO2S/c1-3-4-7-16(14,15)13-11-8-10(12)6-5-9(11)2/h5-6,8,13H,3-4,7H2,1-2H3. The molecule has 1 N–H and O–H groups in total. The van der Waals surface area contributed by atoms with Crippen molar-refractivity contribution in [2.24, 2.45) is 0 Å². The lowest BCUT2D eigenvalue weighted by atomic mass is 10.2. The maximum absolute atomic E-state index is 11.7. The Morgan fingerprint density at radius 1 is 1.38 bits per heavy atom. The molecule has 0 radical (unpaired) electrons. The van der Waals surface area contributed by atoms with Crippen LogP contribution in [0.1, 0.15) is 25.3 Å². The lowest BCUT2D eigenvalue weighted by Crippen LogP contribution is -2.17. The molecule has 0 heterocycles. The minimum atomic E-state index is -3.21. The molecule has 90 valence electrons. The second-order valence-electron chi connectivity index (χ2n) is 3.73. The first-order valence-electron chi connectivity index (χ1n) is 5.21. The number of sulfonamides is 1. The summed E-state index contributed by atoms with van der Waals surface area (Å²) in [6.07, 6.45) is 1.56. The minimum absolute atomic E-state index is 0.176. The first kappa shape index (κ1) is 13.5. The van der Waals surface area contributed by atoms with Gasteiger partial charge in [0, 0.05) is 4.47 Å². The number of hydrogen-bond donors (Lipinski definition) is 1. The first-order chi connectivity index (χ1) is 7.44. The van der Waals surface area contributed by atoms with Gasteiger partial charge in [-0.3, -0.25) is 4.72 Å². The minimum Gasteiger partial charge on any atom is -0.283 e. The molecule has 0 unspecified atom stereocenters. The predicted octanol–water partition coefficient (Wildman–Crippen LogP) is 3.30. The quantitative estimate of drug-likeness (QED) is 0.907. The van der Waals surface area contributed by atoms with Crippen LogP contribution in [-0.2, 0) is 10.0 Å². The molecule has 1 rings (SSSR count). The van der Waals surface area contributed by atoms with Gasteiger partial charge in [-0.25, -0.2) is 8.42 Å². The highest BCUT2D eigenvalue weighted by Crippen LogP contribution is 2.21. The molecular formula is C11H16BrNO2S. The highest BCUT2D eigenvalue weighted by atomic mass is 79.9. The number of halogens is 1. The molecule has 0 saturated heterocycles. The molecule has 0 spiro atoms. The maximum Gasteiger partial charge on any atom is 0.232 e. The first-order valence-corrected chi connectivity index (χ1v) is 7.66. The van der Waals surface area contributed by atoms with Crippen molar-refractivity contribution in [3.63, 3.8) is 0 Å². The number of rotatable bonds is 5. The lowest BCUT2D eigenvalue weighted by molar-refractivity contribution is 0.598. The number of aryl methyl sites for hydroxylation is 1. The topological polar surface area (TPSA) is 46.2 Å². The second kappa shape index (κ2) is 5.68. The van der Waals surface area contributed by atoms with E-state index in [1.807, 2.05) is 26.0 Å². The van der Waals surface area contributed by atoms with Gasteiger partial charge in [-0.05, 0) is 31.0 Å². The van der Waals surface area contributed by atoms with Crippen molar-refractivity contribution in [3.05, 3.63) is 28.2 Å². The lowest BCUT2D eigenvalue weighted by Gasteiger charge is -2.10. The van der Waals surface area contributed by atoms with E-state index < -0.39 is 10.0 Å². The van der Waals surface area contributed by atoms with Crippen LogP contribution in [0.2, 0.25) is 0 Å². The zero-order chi connectivity index (χ0) is 12.2.